The molecule has 0 saturated heterocycles. The predicted octanol–water partition coefficient (Wildman–Crippen LogP) is 3.49. The van der Waals surface area contributed by atoms with Gasteiger partial charge < -0.3 is 10.1 Å². The van der Waals surface area contributed by atoms with Crippen LogP contribution in [0.25, 0.3) is 0 Å². The second kappa shape index (κ2) is 6.73. The molecule has 0 aliphatic rings. The molecule has 96 valence electrons. The number of hydrogen-bond donors (Lipinski definition) is 1. The van der Waals surface area contributed by atoms with E-state index in [0.717, 1.165) is 23.5 Å². The van der Waals surface area contributed by atoms with Crippen LogP contribution < -0.4 is 10.1 Å². The van der Waals surface area contributed by atoms with Crippen LogP contribution in [0, 0.1) is 0 Å². The fourth-order valence-electron chi connectivity index (χ4n) is 1.47. The second-order valence-corrected chi connectivity index (χ2v) is 5.22. The van der Waals surface area contributed by atoms with Crippen molar-refractivity contribution in [2.24, 2.45) is 0 Å². The molecule has 0 atom stereocenters. The highest BCUT2D eigenvalue weighted by molar-refractivity contribution is 7.09. The maximum atomic E-state index is 6.14. The molecule has 0 spiro atoms. The summed E-state index contributed by atoms with van der Waals surface area (Å²) in [6.07, 6.45) is 1.79. The van der Waals surface area contributed by atoms with Gasteiger partial charge >= 0.3 is 0 Å². The van der Waals surface area contributed by atoms with E-state index in [2.05, 4.69) is 17.2 Å². The molecule has 0 radical (unpaired) electrons. The van der Waals surface area contributed by atoms with Crippen molar-refractivity contribution in [3.63, 3.8) is 0 Å². The first-order valence-electron chi connectivity index (χ1n) is 5.80. The van der Waals surface area contributed by atoms with Crippen LogP contribution in [-0.4, -0.2) is 11.5 Å². The summed E-state index contributed by atoms with van der Waals surface area (Å²) in [5.41, 5.74) is 1.06. The van der Waals surface area contributed by atoms with Crippen molar-refractivity contribution < 1.29 is 4.74 Å². The third-order valence-electron chi connectivity index (χ3n) is 2.37. The normalized spacial score (nSPS) is 10.6. The maximum Gasteiger partial charge on any atom is 0.232 e. The molecule has 0 unspecified atom stereocenters. The van der Waals surface area contributed by atoms with Gasteiger partial charge in [0.2, 0.25) is 5.88 Å². The zero-order chi connectivity index (χ0) is 12.8. The minimum atomic E-state index is 0.491. The quantitative estimate of drug-likeness (QED) is 0.881. The summed E-state index contributed by atoms with van der Waals surface area (Å²) in [6, 6.07) is 5.91. The van der Waals surface area contributed by atoms with Gasteiger partial charge in [-0.15, -0.1) is 11.3 Å². The summed E-state index contributed by atoms with van der Waals surface area (Å²) in [5.74, 6) is 0.491. The minimum absolute atomic E-state index is 0.491. The Labute approximate surface area is 116 Å². The molecule has 18 heavy (non-hydrogen) atoms. The third-order valence-corrected chi connectivity index (χ3v) is 3.50. The first-order valence-corrected chi connectivity index (χ1v) is 7.05. The summed E-state index contributed by atoms with van der Waals surface area (Å²) in [5, 5.41) is 5.81. The largest absolute Gasteiger partial charge is 0.471 e. The van der Waals surface area contributed by atoms with E-state index in [0.29, 0.717) is 17.5 Å². The fourth-order valence-corrected chi connectivity index (χ4v) is 2.33. The lowest BCUT2D eigenvalue weighted by molar-refractivity contribution is 0.297. The van der Waals surface area contributed by atoms with Gasteiger partial charge in [-0.25, -0.2) is 4.98 Å². The lowest BCUT2D eigenvalue weighted by Gasteiger charge is -2.07. The Kier molecular flexibility index (Phi) is 4.99. The number of nitrogens with one attached hydrogen (secondary N) is 1. The number of aromatic nitrogens is 1. The first kappa shape index (κ1) is 13.3. The predicted molar refractivity (Wildman–Crippen MR) is 75.3 cm³/mol. The summed E-state index contributed by atoms with van der Waals surface area (Å²) in [6.45, 7) is 4.27. The highest BCUT2D eigenvalue weighted by atomic mass is 35.5. The van der Waals surface area contributed by atoms with E-state index in [1.54, 1.807) is 17.5 Å². The van der Waals surface area contributed by atoms with Crippen LogP contribution in [0.4, 0.5) is 0 Å². The number of pyridine rings is 1. The van der Waals surface area contributed by atoms with E-state index in [1.165, 1.54) is 0 Å². The summed E-state index contributed by atoms with van der Waals surface area (Å²) in [7, 11) is 0. The van der Waals surface area contributed by atoms with Crippen molar-refractivity contribution >= 4 is 22.9 Å². The number of rotatable bonds is 6. The van der Waals surface area contributed by atoms with Gasteiger partial charge in [0, 0.05) is 17.6 Å². The van der Waals surface area contributed by atoms with Crippen LogP contribution in [0.3, 0.4) is 0 Å². The molecule has 1 N–H and O–H groups in total. The molecule has 0 bridgehead atoms. The molecule has 2 aromatic rings. The minimum Gasteiger partial charge on any atom is -0.471 e. The van der Waals surface area contributed by atoms with Crippen LogP contribution >= 0.6 is 22.9 Å². The van der Waals surface area contributed by atoms with Gasteiger partial charge in [-0.3, -0.25) is 0 Å². The number of ether oxygens (including phenoxy) is 1. The molecule has 0 aromatic carbocycles. The fraction of sp³-hybridized carbons (Fsp3) is 0.308. The van der Waals surface area contributed by atoms with E-state index in [1.807, 2.05) is 23.6 Å². The van der Waals surface area contributed by atoms with Crippen LogP contribution in [0.1, 0.15) is 17.4 Å². The van der Waals surface area contributed by atoms with Gasteiger partial charge in [0.05, 0.1) is 0 Å². The first-order chi connectivity index (χ1) is 8.79. The molecule has 2 heterocycles. The van der Waals surface area contributed by atoms with Gasteiger partial charge in [0.1, 0.15) is 11.6 Å². The third kappa shape index (κ3) is 3.70. The monoisotopic (exact) mass is 282 g/mol. The van der Waals surface area contributed by atoms with Crippen LogP contribution in [0.5, 0.6) is 5.88 Å². The number of hydrogen-bond acceptors (Lipinski definition) is 4. The van der Waals surface area contributed by atoms with Gasteiger partial charge in [-0.2, -0.15) is 0 Å². The summed E-state index contributed by atoms with van der Waals surface area (Å²) < 4.78 is 5.59. The Hall–Kier alpha value is -1.10. The SMILES string of the molecule is CCNCc1cnc(OCc2cccs2)c(Cl)c1. The molecule has 0 aliphatic carbocycles. The average molecular weight is 283 g/mol. The van der Waals surface area contributed by atoms with Crippen molar-refractivity contribution in [3.05, 3.63) is 45.2 Å². The molecule has 3 nitrogen and oxygen atoms in total. The lowest BCUT2D eigenvalue weighted by Crippen LogP contribution is -2.12. The van der Waals surface area contributed by atoms with Gasteiger partial charge in [-0.05, 0) is 29.6 Å². The van der Waals surface area contributed by atoms with Crippen molar-refractivity contribution in [1.82, 2.24) is 10.3 Å². The number of nitrogens with zero attached hydrogens (tertiary/aromatic N) is 1. The highest BCUT2D eigenvalue weighted by Gasteiger charge is 2.05. The average Bonchev–Trinajstić information content (AvgIpc) is 2.88. The Bertz CT molecular complexity index is 488. The number of thiophene rings is 1. The molecular formula is C13H15ClN2OS. The van der Waals surface area contributed by atoms with E-state index in [9.17, 15) is 0 Å². The van der Waals surface area contributed by atoms with E-state index in [-0.39, 0.29) is 0 Å². The van der Waals surface area contributed by atoms with Crippen LogP contribution in [-0.2, 0) is 13.2 Å². The molecule has 0 amide bonds. The molecule has 2 rings (SSSR count). The zero-order valence-corrected chi connectivity index (χ0v) is 11.7. The molecule has 0 saturated carbocycles. The van der Waals surface area contributed by atoms with Crippen LogP contribution in [0.2, 0.25) is 5.02 Å². The molecular weight excluding hydrogens is 268 g/mol. The summed E-state index contributed by atoms with van der Waals surface area (Å²) >= 11 is 7.79. The lowest BCUT2D eigenvalue weighted by atomic mass is 10.3. The van der Waals surface area contributed by atoms with Crippen molar-refractivity contribution in [2.45, 2.75) is 20.1 Å². The highest BCUT2D eigenvalue weighted by Crippen LogP contribution is 2.23. The van der Waals surface area contributed by atoms with Crippen molar-refractivity contribution in [1.29, 1.82) is 0 Å². The van der Waals surface area contributed by atoms with E-state index in [4.69, 9.17) is 16.3 Å². The Balaban J connectivity index is 1.96. The Morgan fingerprint density at radius 3 is 3.06 bits per heavy atom. The smallest absolute Gasteiger partial charge is 0.232 e. The topological polar surface area (TPSA) is 34.2 Å². The maximum absolute atomic E-state index is 6.14. The van der Waals surface area contributed by atoms with Crippen LogP contribution in [0.15, 0.2) is 29.8 Å². The standard InChI is InChI=1S/C13H15ClN2OS/c1-2-15-7-10-6-12(14)13(16-8-10)17-9-11-4-3-5-18-11/h3-6,8,15H,2,7,9H2,1H3. The summed E-state index contributed by atoms with van der Waals surface area (Å²) in [4.78, 5) is 5.40. The van der Waals surface area contributed by atoms with Gasteiger partial charge in [0.25, 0.3) is 0 Å². The zero-order valence-electron chi connectivity index (χ0n) is 10.1. The molecule has 5 heteroatoms. The molecule has 2 aromatic heterocycles. The van der Waals surface area contributed by atoms with Gasteiger partial charge in [-0.1, -0.05) is 24.6 Å². The molecule has 0 fully saturated rings. The molecule has 0 aliphatic heterocycles. The van der Waals surface area contributed by atoms with E-state index >= 15 is 0 Å². The number of halogens is 1. The Morgan fingerprint density at radius 2 is 2.39 bits per heavy atom. The second-order valence-electron chi connectivity index (χ2n) is 3.78. The van der Waals surface area contributed by atoms with Crippen molar-refractivity contribution in [3.8, 4) is 5.88 Å². The van der Waals surface area contributed by atoms with Gasteiger partial charge in [0.15, 0.2) is 0 Å². The van der Waals surface area contributed by atoms with E-state index < -0.39 is 0 Å². The van der Waals surface area contributed by atoms with Crippen molar-refractivity contribution in [2.75, 3.05) is 6.54 Å². The Morgan fingerprint density at radius 1 is 1.50 bits per heavy atom.